The second-order valence-corrected chi connectivity index (χ2v) is 4.52. The van der Waals surface area contributed by atoms with Gasteiger partial charge in [0.1, 0.15) is 0 Å². The number of hydrogen-bond acceptors (Lipinski definition) is 4. The summed E-state index contributed by atoms with van der Waals surface area (Å²) in [6, 6.07) is 4.08. The van der Waals surface area contributed by atoms with Crippen LogP contribution in [0.4, 0.5) is 0 Å². The predicted molar refractivity (Wildman–Crippen MR) is 69.6 cm³/mol. The molecular formula is C13H23N3O. The van der Waals surface area contributed by atoms with Crippen LogP contribution in [-0.4, -0.2) is 36.2 Å². The van der Waals surface area contributed by atoms with Gasteiger partial charge >= 0.3 is 0 Å². The van der Waals surface area contributed by atoms with Crippen LogP contribution < -0.4 is 5.73 Å². The van der Waals surface area contributed by atoms with E-state index in [-0.39, 0.29) is 0 Å². The molecule has 0 spiro atoms. The van der Waals surface area contributed by atoms with Gasteiger partial charge in [0, 0.05) is 25.8 Å². The molecule has 1 aromatic heterocycles. The summed E-state index contributed by atoms with van der Waals surface area (Å²) in [6.45, 7) is 7.19. The molecule has 1 rings (SSSR count). The maximum atomic E-state index is 5.57. The molecule has 0 aliphatic heterocycles. The van der Waals surface area contributed by atoms with Crippen LogP contribution in [0.15, 0.2) is 18.3 Å². The lowest BCUT2D eigenvalue weighted by molar-refractivity contribution is 0.0627. The number of pyridine rings is 1. The Kier molecular flexibility index (Phi) is 6.11. The second kappa shape index (κ2) is 7.37. The van der Waals surface area contributed by atoms with Gasteiger partial charge in [0.05, 0.1) is 18.4 Å². The summed E-state index contributed by atoms with van der Waals surface area (Å²) >= 11 is 0. The minimum Gasteiger partial charge on any atom is -0.377 e. The fourth-order valence-electron chi connectivity index (χ4n) is 1.57. The summed E-state index contributed by atoms with van der Waals surface area (Å²) in [4.78, 5) is 6.42. The van der Waals surface area contributed by atoms with Crippen LogP contribution in [0.5, 0.6) is 0 Å². The molecule has 0 radical (unpaired) electrons. The van der Waals surface area contributed by atoms with Crippen molar-refractivity contribution in [1.29, 1.82) is 0 Å². The summed E-state index contributed by atoms with van der Waals surface area (Å²) in [7, 11) is 2.09. The van der Waals surface area contributed by atoms with E-state index in [1.54, 1.807) is 0 Å². The van der Waals surface area contributed by atoms with Crippen molar-refractivity contribution in [3.63, 3.8) is 0 Å². The van der Waals surface area contributed by atoms with Crippen molar-refractivity contribution in [2.75, 3.05) is 20.2 Å². The maximum absolute atomic E-state index is 5.57. The lowest BCUT2D eigenvalue weighted by Gasteiger charge is -2.17. The topological polar surface area (TPSA) is 51.4 Å². The van der Waals surface area contributed by atoms with Gasteiger partial charge in [0.2, 0.25) is 0 Å². The zero-order valence-electron chi connectivity index (χ0n) is 11.0. The van der Waals surface area contributed by atoms with Gasteiger partial charge < -0.3 is 10.5 Å². The molecule has 4 heteroatoms. The number of nitrogens with zero attached hydrogens (tertiary/aromatic N) is 2. The van der Waals surface area contributed by atoms with Gasteiger partial charge in [-0.15, -0.1) is 0 Å². The highest BCUT2D eigenvalue weighted by Gasteiger charge is 2.02. The normalized spacial score (nSPS) is 11.4. The number of rotatable bonds is 7. The molecule has 2 N–H and O–H groups in total. The first kappa shape index (κ1) is 14.1. The minimum absolute atomic E-state index is 0.299. The molecule has 1 heterocycles. The SMILES string of the molecule is CC(C)OCCN(C)Cc1ccnc(CN)c1. The highest BCUT2D eigenvalue weighted by Crippen LogP contribution is 2.04. The summed E-state index contributed by atoms with van der Waals surface area (Å²) in [5, 5.41) is 0. The standard InChI is InChI=1S/C13H23N3O/c1-11(2)17-7-6-16(3)10-12-4-5-15-13(8-12)9-14/h4-5,8,11H,6-7,9-10,14H2,1-3H3. The van der Waals surface area contributed by atoms with Gasteiger partial charge in [-0.1, -0.05) is 0 Å². The number of likely N-dealkylation sites (N-methyl/N-ethyl adjacent to an activating group) is 1. The fourth-order valence-corrected chi connectivity index (χ4v) is 1.57. The minimum atomic E-state index is 0.299. The van der Waals surface area contributed by atoms with Crippen LogP contribution in [0, 0.1) is 0 Å². The second-order valence-electron chi connectivity index (χ2n) is 4.52. The summed E-state index contributed by atoms with van der Waals surface area (Å²) < 4.78 is 5.52. The Morgan fingerprint density at radius 3 is 2.88 bits per heavy atom. The first-order valence-corrected chi connectivity index (χ1v) is 6.06. The third-order valence-corrected chi connectivity index (χ3v) is 2.47. The molecule has 1 aromatic rings. The van der Waals surface area contributed by atoms with Crippen LogP contribution in [-0.2, 0) is 17.8 Å². The molecular weight excluding hydrogens is 214 g/mol. The van der Waals surface area contributed by atoms with Crippen molar-refractivity contribution in [2.24, 2.45) is 5.73 Å². The van der Waals surface area contributed by atoms with E-state index in [1.807, 2.05) is 12.3 Å². The van der Waals surface area contributed by atoms with Gasteiger partial charge in [-0.05, 0) is 38.6 Å². The van der Waals surface area contributed by atoms with Crippen LogP contribution >= 0.6 is 0 Å². The van der Waals surface area contributed by atoms with E-state index in [1.165, 1.54) is 5.56 Å². The number of hydrogen-bond donors (Lipinski definition) is 1. The molecule has 0 bridgehead atoms. The molecule has 0 fully saturated rings. The van der Waals surface area contributed by atoms with E-state index in [9.17, 15) is 0 Å². The van der Waals surface area contributed by atoms with Gasteiger partial charge in [0.15, 0.2) is 0 Å². The first-order valence-electron chi connectivity index (χ1n) is 6.06. The highest BCUT2D eigenvalue weighted by atomic mass is 16.5. The summed E-state index contributed by atoms with van der Waals surface area (Å²) in [5.74, 6) is 0. The zero-order valence-corrected chi connectivity index (χ0v) is 11.0. The lowest BCUT2D eigenvalue weighted by Crippen LogP contribution is -2.24. The number of nitrogens with two attached hydrogens (primary N) is 1. The molecule has 0 amide bonds. The highest BCUT2D eigenvalue weighted by molar-refractivity contribution is 5.16. The number of ether oxygens (including phenoxy) is 1. The third kappa shape index (κ3) is 5.77. The Balaban J connectivity index is 2.36. The average molecular weight is 237 g/mol. The largest absolute Gasteiger partial charge is 0.377 e. The summed E-state index contributed by atoms with van der Waals surface area (Å²) in [5.41, 5.74) is 7.75. The van der Waals surface area contributed by atoms with E-state index in [2.05, 4.69) is 36.8 Å². The lowest BCUT2D eigenvalue weighted by atomic mass is 10.2. The molecule has 17 heavy (non-hydrogen) atoms. The molecule has 0 aliphatic carbocycles. The van der Waals surface area contributed by atoms with Gasteiger partial charge in [-0.3, -0.25) is 9.88 Å². The number of aromatic nitrogens is 1. The maximum Gasteiger partial charge on any atom is 0.0596 e. The Bertz CT molecular complexity index is 328. The monoisotopic (exact) mass is 237 g/mol. The van der Waals surface area contributed by atoms with Crippen molar-refractivity contribution in [3.8, 4) is 0 Å². The Morgan fingerprint density at radius 1 is 1.47 bits per heavy atom. The van der Waals surface area contributed by atoms with Crippen molar-refractivity contribution >= 4 is 0 Å². The van der Waals surface area contributed by atoms with Crippen LogP contribution in [0.3, 0.4) is 0 Å². The molecule has 0 saturated heterocycles. The van der Waals surface area contributed by atoms with E-state index in [4.69, 9.17) is 10.5 Å². The Labute approximate surface area is 104 Å². The van der Waals surface area contributed by atoms with Crippen LogP contribution in [0.25, 0.3) is 0 Å². The summed E-state index contributed by atoms with van der Waals surface area (Å²) in [6.07, 6.45) is 2.11. The smallest absolute Gasteiger partial charge is 0.0596 e. The quantitative estimate of drug-likeness (QED) is 0.779. The van der Waals surface area contributed by atoms with E-state index < -0.39 is 0 Å². The van der Waals surface area contributed by atoms with E-state index in [0.717, 1.165) is 25.4 Å². The van der Waals surface area contributed by atoms with Crippen molar-refractivity contribution in [1.82, 2.24) is 9.88 Å². The average Bonchev–Trinajstić information content (AvgIpc) is 2.28. The molecule has 0 unspecified atom stereocenters. The van der Waals surface area contributed by atoms with Crippen molar-refractivity contribution in [3.05, 3.63) is 29.6 Å². The molecule has 96 valence electrons. The van der Waals surface area contributed by atoms with Crippen molar-refractivity contribution < 1.29 is 4.74 Å². The van der Waals surface area contributed by atoms with E-state index in [0.29, 0.717) is 12.6 Å². The van der Waals surface area contributed by atoms with E-state index >= 15 is 0 Å². The van der Waals surface area contributed by atoms with Gasteiger partial charge in [-0.25, -0.2) is 0 Å². The Morgan fingerprint density at radius 2 is 2.24 bits per heavy atom. The first-order chi connectivity index (χ1) is 8.11. The molecule has 0 aliphatic rings. The molecule has 0 saturated carbocycles. The third-order valence-electron chi connectivity index (χ3n) is 2.47. The zero-order chi connectivity index (χ0) is 12.7. The predicted octanol–water partition coefficient (Wildman–Crippen LogP) is 1.40. The fraction of sp³-hybridized carbons (Fsp3) is 0.615. The Hall–Kier alpha value is -0.970. The molecule has 0 aromatic carbocycles. The van der Waals surface area contributed by atoms with Crippen molar-refractivity contribution in [2.45, 2.75) is 33.0 Å². The van der Waals surface area contributed by atoms with Crippen LogP contribution in [0.1, 0.15) is 25.1 Å². The van der Waals surface area contributed by atoms with Gasteiger partial charge in [0.25, 0.3) is 0 Å². The molecule has 4 nitrogen and oxygen atoms in total. The van der Waals surface area contributed by atoms with Gasteiger partial charge in [-0.2, -0.15) is 0 Å². The molecule has 0 atom stereocenters. The van der Waals surface area contributed by atoms with Crippen LogP contribution in [0.2, 0.25) is 0 Å².